The molecule has 0 heterocycles. The van der Waals surface area contributed by atoms with Crippen LogP contribution in [0.5, 0.6) is 0 Å². The predicted molar refractivity (Wildman–Crippen MR) is 116 cm³/mol. The fourth-order valence-electron chi connectivity index (χ4n) is 3.08. The minimum absolute atomic E-state index is 0.770. The average Bonchev–Trinajstić information content (AvgIpc) is 2.66. The summed E-state index contributed by atoms with van der Waals surface area (Å²) in [6.45, 7) is 0. The molecule has 26 heavy (non-hydrogen) atoms. The summed E-state index contributed by atoms with van der Waals surface area (Å²) in [6.07, 6.45) is 24.8. The number of rotatable bonds is 14. The molecule has 0 saturated heterocycles. The van der Waals surface area contributed by atoms with Crippen molar-refractivity contribution >= 4 is 11.6 Å². The van der Waals surface area contributed by atoms with Crippen LogP contribution in [0.25, 0.3) is 0 Å². The fourth-order valence-corrected chi connectivity index (χ4v) is 3.21. The van der Waals surface area contributed by atoms with Gasteiger partial charge in [-0.2, -0.15) is 0 Å². The summed E-state index contributed by atoms with van der Waals surface area (Å²) in [6, 6.07) is 7.75. The Hall–Kier alpha value is -1.37. The lowest BCUT2D eigenvalue weighted by molar-refractivity contribution is 0.539. The van der Waals surface area contributed by atoms with Crippen LogP contribution in [0.2, 0.25) is 5.02 Å². The third-order valence-electron chi connectivity index (χ3n) is 4.70. The molecule has 0 nitrogen and oxygen atoms in total. The van der Waals surface area contributed by atoms with E-state index in [0.717, 1.165) is 23.4 Å². The zero-order chi connectivity index (χ0) is 18.7. The molecule has 0 amide bonds. The maximum absolute atomic E-state index is 5.87. The number of terminal acetylenes is 1. The van der Waals surface area contributed by atoms with E-state index in [0.29, 0.717) is 0 Å². The number of halogens is 1. The Morgan fingerprint density at radius 2 is 1.04 bits per heavy atom. The molecule has 1 heteroatoms. The van der Waals surface area contributed by atoms with Gasteiger partial charge in [-0.1, -0.05) is 94.1 Å². The second-order valence-corrected chi connectivity index (χ2v) is 7.55. The normalized spacial score (nSPS) is 10.2. The Morgan fingerprint density at radius 3 is 1.50 bits per heavy atom. The molecule has 1 rings (SSSR count). The van der Waals surface area contributed by atoms with Crippen LogP contribution < -0.4 is 0 Å². The Balaban J connectivity index is 1.80. The van der Waals surface area contributed by atoms with E-state index in [1.165, 1.54) is 83.5 Å². The minimum Gasteiger partial charge on any atom is -0.120 e. The van der Waals surface area contributed by atoms with Gasteiger partial charge in [0.25, 0.3) is 0 Å². The third-order valence-corrected chi connectivity index (χ3v) is 4.95. The van der Waals surface area contributed by atoms with E-state index in [2.05, 4.69) is 17.8 Å². The van der Waals surface area contributed by atoms with Crippen LogP contribution in [-0.2, 0) is 0 Å². The van der Waals surface area contributed by atoms with Gasteiger partial charge in [-0.25, -0.2) is 0 Å². The number of hydrogen-bond donors (Lipinski definition) is 0. The van der Waals surface area contributed by atoms with Crippen LogP contribution in [0.15, 0.2) is 24.3 Å². The molecule has 0 saturated carbocycles. The van der Waals surface area contributed by atoms with Crippen molar-refractivity contribution in [2.45, 2.75) is 96.3 Å². The monoisotopic (exact) mass is 370 g/mol. The standard InChI is InChI=1S/C25H35Cl/c1-2-3-4-5-6-7-8-9-10-11-12-13-14-15-16-17-18-19-24-20-22-25(26)23-21-24/h1,20-23H,3-17H2. The lowest BCUT2D eigenvalue weighted by Crippen LogP contribution is -1.83. The minimum atomic E-state index is 0.770. The second kappa shape index (κ2) is 17.1. The molecular weight excluding hydrogens is 336 g/mol. The quantitative estimate of drug-likeness (QED) is 0.229. The van der Waals surface area contributed by atoms with Crippen LogP contribution in [0, 0.1) is 24.2 Å². The molecule has 0 aromatic heterocycles. The smallest absolute Gasteiger partial charge is 0.0406 e. The Morgan fingerprint density at radius 1 is 0.615 bits per heavy atom. The molecule has 0 unspecified atom stereocenters. The van der Waals surface area contributed by atoms with Gasteiger partial charge in [0.1, 0.15) is 0 Å². The van der Waals surface area contributed by atoms with E-state index < -0.39 is 0 Å². The van der Waals surface area contributed by atoms with Crippen LogP contribution in [0.3, 0.4) is 0 Å². The molecule has 0 aliphatic heterocycles. The first-order valence-electron chi connectivity index (χ1n) is 10.5. The van der Waals surface area contributed by atoms with Crippen molar-refractivity contribution in [2.75, 3.05) is 0 Å². The predicted octanol–water partition coefficient (Wildman–Crippen LogP) is 8.18. The van der Waals surface area contributed by atoms with Gasteiger partial charge in [0.05, 0.1) is 0 Å². The van der Waals surface area contributed by atoms with Gasteiger partial charge in [-0.15, -0.1) is 12.3 Å². The first-order valence-corrected chi connectivity index (χ1v) is 10.9. The van der Waals surface area contributed by atoms with Gasteiger partial charge in [-0.3, -0.25) is 0 Å². The molecule has 1 aromatic rings. The molecule has 0 radical (unpaired) electrons. The van der Waals surface area contributed by atoms with Gasteiger partial charge in [0.2, 0.25) is 0 Å². The second-order valence-electron chi connectivity index (χ2n) is 7.11. The van der Waals surface area contributed by atoms with Crippen molar-refractivity contribution in [1.82, 2.24) is 0 Å². The first kappa shape index (κ1) is 22.7. The molecule has 0 fully saturated rings. The highest BCUT2D eigenvalue weighted by atomic mass is 35.5. The van der Waals surface area contributed by atoms with Crippen molar-refractivity contribution in [3.63, 3.8) is 0 Å². The van der Waals surface area contributed by atoms with E-state index in [1.54, 1.807) is 0 Å². The summed E-state index contributed by atoms with van der Waals surface area (Å²) in [7, 11) is 0. The molecule has 1 aromatic carbocycles. The Kier molecular flexibility index (Phi) is 14.9. The van der Waals surface area contributed by atoms with E-state index in [-0.39, 0.29) is 0 Å². The highest BCUT2D eigenvalue weighted by Gasteiger charge is 1.94. The maximum Gasteiger partial charge on any atom is 0.0406 e. The lowest BCUT2D eigenvalue weighted by Gasteiger charge is -2.02. The van der Waals surface area contributed by atoms with Crippen molar-refractivity contribution in [2.24, 2.45) is 0 Å². The van der Waals surface area contributed by atoms with Gasteiger partial charge >= 0.3 is 0 Å². The van der Waals surface area contributed by atoms with Gasteiger partial charge in [-0.05, 0) is 37.1 Å². The molecule has 0 aliphatic carbocycles. The summed E-state index contributed by atoms with van der Waals surface area (Å²) in [5.74, 6) is 9.18. The molecule has 0 N–H and O–H groups in total. The summed E-state index contributed by atoms with van der Waals surface area (Å²) in [5, 5.41) is 0.770. The largest absolute Gasteiger partial charge is 0.120 e. The zero-order valence-electron chi connectivity index (χ0n) is 16.4. The van der Waals surface area contributed by atoms with E-state index in [9.17, 15) is 0 Å². The molecule has 142 valence electrons. The molecule has 0 aliphatic rings. The first-order chi connectivity index (χ1) is 12.8. The number of unbranched alkanes of at least 4 members (excludes halogenated alkanes) is 14. The zero-order valence-corrected chi connectivity index (χ0v) is 17.1. The van der Waals surface area contributed by atoms with E-state index >= 15 is 0 Å². The third kappa shape index (κ3) is 13.9. The van der Waals surface area contributed by atoms with E-state index in [1.807, 2.05) is 24.3 Å². The van der Waals surface area contributed by atoms with Gasteiger partial charge < -0.3 is 0 Å². The van der Waals surface area contributed by atoms with E-state index in [4.69, 9.17) is 18.0 Å². The maximum atomic E-state index is 5.87. The Bertz CT molecular complexity index is 538. The summed E-state index contributed by atoms with van der Waals surface area (Å²) in [5.41, 5.74) is 1.06. The summed E-state index contributed by atoms with van der Waals surface area (Å²) < 4.78 is 0. The van der Waals surface area contributed by atoms with Crippen LogP contribution >= 0.6 is 11.6 Å². The van der Waals surface area contributed by atoms with Crippen molar-refractivity contribution in [3.8, 4) is 24.2 Å². The average molecular weight is 371 g/mol. The number of benzene rings is 1. The van der Waals surface area contributed by atoms with Crippen molar-refractivity contribution < 1.29 is 0 Å². The molecule has 0 bridgehead atoms. The van der Waals surface area contributed by atoms with Gasteiger partial charge in [0.15, 0.2) is 0 Å². The van der Waals surface area contributed by atoms with Crippen LogP contribution in [0.4, 0.5) is 0 Å². The highest BCUT2D eigenvalue weighted by molar-refractivity contribution is 6.30. The lowest BCUT2D eigenvalue weighted by atomic mass is 10.0. The van der Waals surface area contributed by atoms with Crippen LogP contribution in [0.1, 0.15) is 102 Å². The van der Waals surface area contributed by atoms with Gasteiger partial charge in [0, 0.05) is 23.4 Å². The Labute approximate surface area is 167 Å². The number of hydrogen-bond acceptors (Lipinski definition) is 0. The molecule has 0 atom stereocenters. The van der Waals surface area contributed by atoms with Crippen LogP contribution in [-0.4, -0.2) is 0 Å². The SMILES string of the molecule is C#CCCCCCCCCCCCCCCCC#Cc1ccc(Cl)cc1. The van der Waals surface area contributed by atoms with Crippen molar-refractivity contribution in [3.05, 3.63) is 34.9 Å². The topological polar surface area (TPSA) is 0 Å². The van der Waals surface area contributed by atoms with Crippen molar-refractivity contribution in [1.29, 1.82) is 0 Å². The highest BCUT2D eigenvalue weighted by Crippen LogP contribution is 2.13. The molecule has 0 spiro atoms. The fraction of sp³-hybridized carbons (Fsp3) is 0.600. The summed E-state index contributed by atoms with van der Waals surface area (Å²) >= 11 is 5.87. The summed E-state index contributed by atoms with van der Waals surface area (Å²) in [4.78, 5) is 0. The molecular formula is C25H35Cl.